The van der Waals surface area contributed by atoms with Gasteiger partial charge in [-0.25, -0.2) is 0 Å². The molecule has 2 rings (SSSR count). The Labute approximate surface area is 111 Å². The van der Waals surface area contributed by atoms with Crippen LogP contribution in [0.4, 0.5) is 0 Å². The van der Waals surface area contributed by atoms with Gasteiger partial charge in [0.2, 0.25) is 6.20 Å². The number of hydrogen-bond acceptors (Lipinski definition) is 3. The van der Waals surface area contributed by atoms with Crippen molar-refractivity contribution in [2.75, 3.05) is 19.6 Å². The predicted octanol–water partition coefficient (Wildman–Crippen LogP) is 1.38. The van der Waals surface area contributed by atoms with Crippen molar-refractivity contribution in [1.82, 2.24) is 0 Å². The van der Waals surface area contributed by atoms with Crippen molar-refractivity contribution in [3.8, 4) is 11.6 Å². The fraction of sp³-hybridized carbons (Fsp3) is 0.143. The Balaban J connectivity index is 2.16. The third-order valence-electron chi connectivity index (χ3n) is 2.61. The second-order valence-electron chi connectivity index (χ2n) is 3.78. The molecule has 1 amide bonds. The van der Waals surface area contributed by atoms with E-state index in [-0.39, 0.29) is 5.91 Å². The number of nitrogens with one attached hydrogen (secondary N) is 1. The quantitative estimate of drug-likeness (QED) is 0.844. The van der Waals surface area contributed by atoms with Crippen molar-refractivity contribution in [2.45, 2.75) is 0 Å². The summed E-state index contributed by atoms with van der Waals surface area (Å²) in [5.41, 5.74) is 3.27. The Kier molecular flexibility index (Phi) is 3.97. The summed E-state index contributed by atoms with van der Waals surface area (Å²) in [7, 11) is 3.13. The van der Waals surface area contributed by atoms with Crippen LogP contribution in [0.25, 0.3) is 0 Å². The number of amides is 1. The van der Waals surface area contributed by atoms with Crippen LogP contribution in [0.3, 0.4) is 0 Å². The molecule has 1 heterocycles. The molecule has 0 bridgehead atoms. The third-order valence-corrected chi connectivity index (χ3v) is 2.61. The molecule has 2 aromatic rings. The van der Waals surface area contributed by atoms with Crippen molar-refractivity contribution in [3.05, 3.63) is 54.2 Å². The van der Waals surface area contributed by atoms with Crippen LogP contribution in [0.2, 0.25) is 0 Å². The molecule has 0 fully saturated rings. The summed E-state index contributed by atoms with van der Waals surface area (Å²) in [5.74, 6) is 1.03. The number of aromatic nitrogens is 1. The Morgan fingerprint density at radius 2 is 1.79 bits per heavy atom. The van der Waals surface area contributed by atoms with Crippen molar-refractivity contribution >= 4 is 5.91 Å². The van der Waals surface area contributed by atoms with E-state index < -0.39 is 0 Å². The highest BCUT2D eigenvalue weighted by Crippen LogP contribution is 2.11. The van der Waals surface area contributed by atoms with Crippen LogP contribution in [0.15, 0.2) is 48.7 Å². The van der Waals surface area contributed by atoms with Gasteiger partial charge < -0.3 is 9.47 Å². The lowest BCUT2D eigenvalue weighted by molar-refractivity contribution is -0.647. The minimum absolute atomic E-state index is 0.225. The van der Waals surface area contributed by atoms with Crippen molar-refractivity contribution < 1.29 is 18.9 Å². The number of rotatable bonds is 4. The van der Waals surface area contributed by atoms with Crippen LogP contribution < -0.4 is 19.6 Å². The molecule has 1 aromatic carbocycles. The Hall–Kier alpha value is -2.56. The molecule has 0 radical (unpaired) electrons. The average Bonchev–Trinajstić information content (AvgIpc) is 2.48. The first-order chi connectivity index (χ1) is 9.24. The van der Waals surface area contributed by atoms with E-state index in [1.54, 1.807) is 56.8 Å². The van der Waals surface area contributed by atoms with Gasteiger partial charge in [0, 0.05) is 11.6 Å². The molecule has 1 aromatic heterocycles. The molecule has 0 unspecified atom stereocenters. The van der Waals surface area contributed by atoms with Gasteiger partial charge in [-0.1, -0.05) is 0 Å². The smallest absolute Gasteiger partial charge is 0.396 e. The van der Waals surface area contributed by atoms with Gasteiger partial charge in [-0.05, 0) is 35.0 Å². The van der Waals surface area contributed by atoms with Crippen LogP contribution in [0.1, 0.15) is 10.4 Å². The number of hydrogen-bond donors (Lipinski definition) is 1. The predicted molar refractivity (Wildman–Crippen MR) is 69.9 cm³/mol. The van der Waals surface area contributed by atoms with Gasteiger partial charge in [-0.3, -0.25) is 4.79 Å². The summed E-state index contributed by atoms with van der Waals surface area (Å²) in [5, 5.41) is 0. The lowest BCUT2D eigenvalue weighted by atomic mass is 10.2. The summed E-state index contributed by atoms with van der Waals surface area (Å²) >= 11 is 0. The highest BCUT2D eigenvalue weighted by molar-refractivity contribution is 5.98. The largest absolute Gasteiger partial charge is 0.497 e. The molecule has 5 nitrogen and oxygen atoms in total. The molecule has 98 valence electrons. The summed E-state index contributed by atoms with van der Waals surface area (Å²) in [6.07, 6.45) is 1.71. The van der Waals surface area contributed by atoms with E-state index >= 15 is 0 Å². The van der Waals surface area contributed by atoms with E-state index in [1.165, 1.54) is 4.68 Å². The van der Waals surface area contributed by atoms with Crippen molar-refractivity contribution in [2.24, 2.45) is 0 Å². The van der Waals surface area contributed by atoms with E-state index in [2.05, 4.69) is 5.43 Å². The topological polar surface area (TPSA) is 51.4 Å². The molecule has 1 N–H and O–H groups in total. The zero-order valence-corrected chi connectivity index (χ0v) is 10.8. The summed E-state index contributed by atoms with van der Waals surface area (Å²) in [4.78, 5) is 12.1. The van der Waals surface area contributed by atoms with Gasteiger partial charge in [-0.2, -0.15) is 0 Å². The van der Waals surface area contributed by atoms with Crippen molar-refractivity contribution in [1.29, 1.82) is 0 Å². The highest BCUT2D eigenvalue weighted by atomic mass is 16.5. The van der Waals surface area contributed by atoms with Crippen LogP contribution in [-0.2, 0) is 0 Å². The van der Waals surface area contributed by atoms with Gasteiger partial charge >= 0.3 is 11.8 Å². The summed E-state index contributed by atoms with van der Waals surface area (Å²) in [6.45, 7) is 0. The minimum atomic E-state index is -0.225. The molecule has 0 spiro atoms. The molecule has 0 saturated carbocycles. The third kappa shape index (κ3) is 3.01. The maximum absolute atomic E-state index is 12.1. The highest BCUT2D eigenvalue weighted by Gasteiger charge is 2.15. The molecule has 0 atom stereocenters. The number of pyridine rings is 1. The Morgan fingerprint density at radius 1 is 1.05 bits per heavy atom. The zero-order valence-electron chi connectivity index (χ0n) is 10.8. The van der Waals surface area contributed by atoms with E-state index in [1.807, 2.05) is 6.07 Å². The number of carbonyl (C=O) groups excluding carboxylic acids is 1. The molecule has 0 aliphatic heterocycles. The lowest BCUT2D eigenvalue weighted by Gasteiger charge is -2.04. The summed E-state index contributed by atoms with van der Waals surface area (Å²) < 4.78 is 11.7. The Morgan fingerprint density at radius 3 is 2.42 bits per heavy atom. The monoisotopic (exact) mass is 259 g/mol. The zero-order chi connectivity index (χ0) is 13.7. The number of nitrogens with zero attached hydrogens (tertiary/aromatic N) is 1. The molecule has 0 aliphatic rings. The number of benzene rings is 1. The fourth-order valence-corrected chi connectivity index (χ4v) is 1.60. The second-order valence-corrected chi connectivity index (χ2v) is 3.78. The first-order valence-corrected chi connectivity index (χ1v) is 5.74. The van der Waals surface area contributed by atoms with E-state index in [0.29, 0.717) is 17.2 Å². The number of ether oxygens (including phenoxy) is 2. The average molecular weight is 259 g/mol. The molecule has 0 saturated heterocycles. The number of carbonyl (C=O) groups is 1. The van der Waals surface area contributed by atoms with Gasteiger partial charge in [0.1, 0.15) is 5.75 Å². The van der Waals surface area contributed by atoms with Gasteiger partial charge in [0.05, 0.1) is 20.3 Å². The first kappa shape index (κ1) is 12.9. The molecule has 0 aliphatic carbocycles. The van der Waals surface area contributed by atoms with E-state index in [4.69, 9.17) is 9.47 Å². The number of methoxy groups -OCH3 is 2. The van der Waals surface area contributed by atoms with Crippen LogP contribution in [0.5, 0.6) is 11.6 Å². The van der Waals surface area contributed by atoms with Gasteiger partial charge in [-0.15, -0.1) is 5.43 Å². The maximum atomic E-state index is 12.1. The van der Waals surface area contributed by atoms with Crippen LogP contribution in [0, 0.1) is 0 Å². The fourth-order valence-electron chi connectivity index (χ4n) is 1.60. The SMILES string of the molecule is COc1ccc(C(=O)N[n+]2ccccc2OC)cc1. The maximum Gasteiger partial charge on any atom is 0.396 e. The second kappa shape index (κ2) is 5.86. The lowest BCUT2D eigenvalue weighted by Crippen LogP contribution is -2.48. The van der Waals surface area contributed by atoms with E-state index in [9.17, 15) is 4.79 Å². The first-order valence-electron chi connectivity index (χ1n) is 5.74. The van der Waals surface area contributed by atoms with E-state index in [0.717, 1.165) is 0 Å². The summed E-state index contributed by atoms with van der Waals surface area (Å²) in [6, 6.07) is 12.3. The molecular weight excluding hydrogens is 244 g/mol. The van der Waals surface area contributed by atoms with Gasteiger partial charge in [0.25, 0.3) is 0 Å². The normalized spacial score (nSPS) is 9.79. The van der Waals surface area contributed by atoms with Crippen molar-refractivity contribution in [3.63, 3.8) is 0 Å². The van der Waals surface area contributed by atoms with Crippen LogP contribution in [-0.4, -0.2) is 20.1 Å². The Bertz CT molecular complexity index is 567. The molecular formula is C14H15N2O3+. The minimum Gasteiger partial charge on any atom is -0.497 e. The standard InChI is InChI=1S/C14H14N2O3/c1-18-12-8-6-11(7-9-12)14(17)15-16-10-4-3-5-13(16)19-2/h3-10H,1-2H3/p+1. The molecule has 19 heavy (non-hydrogen) atoms. The van der Waals surface area contributed by atoms with Gasteiger partial charge in [0.15, 0.2) is 0 Å². The molecule has 5 heteroatoms. The van der Waals surface area contributed by atoms with Crippen LogP contribution >= 0.6 is 0 Å².